The van der Waals surface area contributed by atoms with Crippen LogP contribution in [0.5, 0.6) is 0 Å². The van der Waals surface area contributed by atoms with E-state index in [0.717, 1.165) is 5.56 Å². The minimum Gasteiger partial charge on any atom is -0.333 e. The SMILES string of the molecule is O=C(c1cccc(Cn2ccnc2)c1)N1C[C@@H](F)C[C@@H]1C(F)(F)F. The molecule has 3 rings (SSSR count). The molecule has 0 aliphatic carbocycles. The fraction of sp³-hybridized carbons (Fsp3) is 0.375. The summed E-state index contributed by atoms with van der Waals surface area (Å²) in [7, 11) is 0. The van der Waals surface area contributed by atoms with Crippen LogP contribution < -0.4 is 0 Å². The second kappa shape index (κ2) is 6.26. The van der Waals surface area contributed by atoms with E-state index in [9.17, 15) is 22.4 Å². The number of imidazole rings is 1. The maximum Gasteiger partial charge on any atom is 0.408 e. The number of nitrogens with zero attached hydrogens (tertiary/aromatic N) is 3. The normalized spacial score (nSPS) is 21.2. The summed E-state index contributed by atoms with van der Waals surface area (Å²) in [5, 5.41) is 0. The van der Waals surface area contributed by atoms with Gasteiger partial charge in [0.15, 0.2) is 0 Å². The van der Waals surface area contributed by atoms with Crippen molar-refractivity contribution in [2.75, 3.05) is 6.54 Å². The van der Waals surface area contributed by atoms with Gasteiger partial charge in [-0.3, -0.25) is 4.79 Å². The third-order valence-electron chi connectivity index (χ3n) is 3.99. The molecule has 2 aromatic rings. The predicted octanol–water partition coefficient (Wildman–Crippen LogP) is 3.05. The van der Waals surface area contributed by atoms with E-state index in [1.54, 1.807) is 35.4 Å². The lowest BCUT2D eigenvalue weighted by molar-refractivity contribution is -0.170. The Morgan fingerprint density at radius 2 is 2.12 bits per heavy atom. The molecule has 0 N–H and O–H groups in total. The van der Waals surface area contributed by atoms with Gasteiger partial charge in [0.2, 0.25) is 0 Å². The van der Waals surface area contributed by atoms with Crippen molar-refractivity contribution in [3.8, 4) is 0 Å². The van der Waals surface area contributed by atoms with Crippen molar-refractivity contribution < 1.29 is 22.4 Å². The molecular weight excluding hydrogens is 326 g/mol. The number of carbonyl (C=O) groups excluding carboxylic acids is 1. The first kappa shape index (κ1) is 16.5. The van der Waals surface area contributed by atoms with Gasteiger partial charge in [-0.25, -0.2) is 9.37 Å². The van der Waals surface area contributed by atoms with Crippen LogP contribution in [-0.2, 0) is 6.54 Å². The van der Waals surface area contributed by atoms with Crippen LogP contribution in [0.4, 0.5) is 17.6 Å². The fourth-order valence-corrected chi connectivity index (χ4v) is 2.88. The fourth-order valence-electron chi connectivity index (χ4n) is 2.88. The molecule has 0 saturated carbocycles. The molecule has 0 bridgehead atoms. The summed E-state index contributed by atoms with van der Waals surface area (Å²) in [6.07, 6.45) is -2.05. The largest absolute Gasteiger partial charge is 0.408 e. The monoisotopic (exact) mass is 341 g/mol. The molecule has 128 valence electrons. The Labute approximate surface area is 135 Å². The van der Waals surface area contributed by atoms with Crippen LogP contribution in [0.3, 0.4) is 0 Å². The van der Waals surface area contributed by atoms with E-state index in [-0.39, 0.29) is 5.56 Å². The standard InChI is InChI=1S/C16H15F4N3O/c17-13-7-14(16(18,19)20)23(9-13)15(24)12-3-1-2-11(6-12)8-22-5-4-21-10-22/h1-6,10,13-14H,7-9H2/t13-,14+/m0/s1. The van der Waals surface area contributed by atoms with Crippen LogP contribution in [0.15, 0.2) is 43.0 Å². The molecule has 8 heteroatoms. The van der Waals surface area contributed by atoms with Gasteiger partial charge in [0.25, 0.3) is 5.91 Å². The lowest BCUT2D eigenvalue weighted by Crippen LogP contribution is -2.44. The van der Waals surface area contributed by atoms with Gasteiger partial charge in [-0.2, -0.15) is 13.2 Å². The number of benzene rings is 1. The Morgan fingerprint density at radius 1 is 1.33 bits per heavy atom. The lowest BCUT2D eigenvalue weighted by atomic mass is 10.1. The van der Waals surface area contributed by atoms with Crippen molar-refractivity contribution in [1.29, 1.82) is 0 Å². The summed E-state index contributed by atoms with van der Waals surface area (Å²) in [4.78, 5) is 16.9. The first-order valence-electron chi connectivity index (χ1n) is 7.41. The third kappa shape index (κ3) is 3.42. The first-order chi connectivity index (χ1) is 11.3. The molecule has 0 unspecified atom stereocenters. The number of likely N-dealkylation sites (tertiary alicyclic amines) is 1. The van der Waals surface area contributed by atoms with Crippen LogP contribution in [0.25, 0.3) is 0 Å². The molecule has 2 heterocycles. The van der Waals surface area contributed by atoms with Gasteiger partial charge in [-0.05, 0) is 17.7 Å². The summed E-state index contributed by atoms with van der Waals surface area (Å²) in [5.74, 6) is -0.801. The Morgan fingerprint density at radius 3 is 2.79 bits per heavy atom. The molecule has 0 spiro atoms. The van der Waals surface area contributed by atoms with Crippen molar-refractivity contribution in [2.24, 2.45) is 0 Å². The van der Waals surface area contributed by atoms with E-state index < -0.39 is 37.3 Å². The molecule has 1 amide bonds. The van der Waals surface area contributed by atoms with Crippen molar-refractivity contribution in [3.05, 3.63) is 54.1 Å². The molecule has 1 aromatic carbocycles. The summed E-state index contributed by atoms with van der Waals surface area (Å²) in [6, 6.07) is 4.27. The van der Waals surface area contributed by atoms with E-state index in [4.69, 9.17) is 0 Å². The zero-order valence-corrected chi connectivity index (χ0v) is 12.6. The Bertz CT molecular complexity index is 714. The quantitative estimate of drug-likeness (QED) is 0.805. The molecule has 2 atom stereocenters. The highest BCUT2D eigenvalue weighted by molar-refractivity contribution is 5.95. The zero-order chi connectivity index (χ0) is 17.3. The van der Waals surface area contributed by atoms with Crippen LogP contribution in [0, 0.1) is 0 Å². The Hall–Kier alpha value is -2.38. The van der Waals surface area contributed by atoms with E-state index in [0.29, 0.717) is 11.4 Å². The lowest BCUT2D eigenvalue weighted by Gasteiger charge is -2.26. The Balaban J connectivity index is 1.81. The van der Waals surface area contributed by atoms with E-state index in [1.807, 2.05) is 0 Å². The molecule has 24 heavy (non-hydrogen) atoms. The maximum absolute atomic E-state index is 13.5. The van der Waals surface area contributed by atoms with Gasteiger partial charge >= 0.3 is 6.18 Å². The molecule has 1 aliphatic rings. The number of rotatable bonds is 3. The number of halogens is 4. The summed E-state index contributed by atoms with van der Waals surface area (Å²) in [6.45, 7) is -0.0929. The zero-order valence-electron chi connectivity index (χ0n) is 12.6. The molecule has 1 aliphatic heterocycles. The summed E-state index contributed by atoms with van der Waals surface area (Å²) in [5.41, 5.74) is 0.870. The molecule has 4 nitrogen and oxygen atoms in total. The summed E-state index contributed by atoms with van der Waals surface area (Å²) < 4.78 is 54.3. The smallest absolute Gasteiger partial charge is 0.333 e. The van der Waals surface area contributed by atoms with Crippen LogP contribution in [0.2, 0.25) is 0 Å². The van der Waals surface area contributed by atoms with Gasteiger partial charge in [-0.15, -0.1) is 0 Å². The highest BCUT2D eigenvalue weighted by Crippen LogP contribution is 2.34. The summed E-state index contributed by atoms with van der Waals surface area (Å²) >= 11 is 0. The average molecular weight is 341 g/mol. The first-order valence-corrected chi connectivity index (χ1v) is 7.41. The van der Waals surface area contributed by atoms with E-state index >= 15 is 0 Å². The van der Waals surface area contributed by atoms with Crippen molar-refractivity contribution in [3.63, 3.8) is 0 Å². The highest BCUT2D eigenvalue weighted by Gasteiger charge is 2.51. The van der Waals surface area contributed by atoms with Gasteiger partial charge in [-0.1, -0.05) is 12.1 Å². The second-order valence-corrected chi connectivity index (χ2v) is 5.78. The minimum atomic E-state index is -4.63. The number of amides is 1. The third-order valence-corrected chi connectivity index (χ3v) is 3.99. The highest BCUT2D eigenvalue weighted by atomic mass is 19.4. The minimum absolute atomic E-state index is 0.121. The second-order valence-electron chi connectivity index (χ2n) is 5.78. The van der Waals surface area contributed by atoms with Gasteiger partial charge in [0.1, 0.15) is 12.2 Å². The van der Waals surface area contributed by atoms with Crippen LogP contribution in [-0.4, -0.2) is 45.3 Å². The van der Waals surface area contributed by atoms with Crippen LogP contribution >= 0.6 is 0 Å². The molecular formula is C16H15F4N3O. The van der Waals surface area contributed by atoms with Gasteiger partial charge in [0.05, 0.1) is 12.9 Å². The molecule has 1 saturated heterocycles. The van der Waals surface area contributed by atoms with Crippen molar-refractivity contribution in [2.45, 2.75) is 31.4 Å². The topological polar surface area (TPSA) is 38.1 Å². The van der Waals surface area contributed by atoms with E-state index in [2.05, 4.69) is 4.98 Å². The Kier molecular flexibility index (Phi) is 4.29. The number of alkyl halides is 4. The number of hydrogen-bond acceptors (Lipinski definition) is 2. The van der Waals surface area contributed by atoms with Gasteiger partial charge in [0, 0.05) is 30.9 Å². The van der Waals surface area contributed by atoms with Gasteiger partial charge < -0.3 is 9.47 Å². The predicted molar refractivity (Wildman–Crippen MR) is 78.2 cm³/mol. The molecule has 1 fully saturated rings. The molecule has 1 aromatic heterocycles. The van der Waals surface area contributed by atoms with Crippen molar-refractivity contribution >= 4 is 5.91 Å². The number of hydrogen-bond donors (Lipinski definition) is 0. The average Bonchev–Trinajstić information content (AvgIpc) is 3.15. The van der Waals surface area contributed by atoms with Crippen LogP contribution in [0.1, 0.15) is 22.3 Å². The molecule has 0 radical (unpaired) electrons. The van der Waals surface area contributed by atoms with Crippen molar-refractivity contribution in [1.82, 2.24) is 14.5 Å². The van der Waals surface area contributed by atoms with E-state index in [1.165, 1.54) is 12.1 Å². The maximum atomic E-state index is 13.5. The number of carbonyl (C=O) groups is 1. The number of aromatic nitrogens is 2.